The van der Waals surface area contributed by atoms with Crippen LogP contribution >= 0.6 is 23.4 Å². The highest BCUT2D eigenvalue weighted by molar-refractivity contribution is 7.99. The van der Waals surface area contributed by atoms with Crippen molar-refractivity contribution in [3.8, 4) is 0 Å². The highest BCUT2D eigenvalue weighted by atomic mass is 35.5. The molecule has 86 valence electrons. The van der Waals surface area contributed by atoms with Crippen LogP contribution in [-0.4, -0.2) is 21.6 Å². The van der Waals surface area contributed by atoms with Crippen LogP contribution < -0.4 is 0 Å². The SMILES string of the molecule is Cc1ccc2nc(SCC(C)CCl)[nH]c2c1. The predicted molar refractivity (Wildman–Crippen MR) is 71.4 cm³/mol. The van der Waals surface area contributed by atoms with Crippen LogP contribution in [0.15, 0.2) is 23.4 Å². The second kappa shape index (κ2) is 5.11. The molecular weight excluding hydrogens is 240 g/mol. The lowest BCUT2D eigenvalue weighted by atomic mass is 10.2. The molecule has 0 bridgehead atoms. The summed E-state index contributed by atoms with van der Waals surface area (Å²) >= 11 is 7.51. The molecule has 2 nitrogen and oxygen atoms in total. The number of benzene rings is 1. The smallest absolute Gasteiger partial charge is 0.166 e. The van der Waals surface area contributed by atoms with Gasteiger partial charge in [-0.3, -0.25) is 0 Å². The molecule has 16 heavy (non-hydrogen) atoms. The number of nitrogens with one attached hydrogen (secondary N) is 1. The number of rotatable bonds is 4. The third-order valence-electron chi connectivity index (χ3n) is 2.38. The molecule has 0 aliphatic heterocycles. The zero-order chi connectivity index (χ0) is 11.5. The summed E-state index contributed by atoms with van der Waals surface area (Å²) in [6.45, 7) is 4.23. The molecule has 1 aromatic carbocycles. The number of aromatic nitrogens is 2. The fraction of sp³-hybridized carbons (Fsp3) is 0.417. The fourth-order valence-electron chi connectivity index (χ4n) is 1.43. The number of aryl methyl sites for hydroxylation is 1. The van der Waals surface area contributed by atoms with E-state index in [0.29, 0.717) is 11.8 Å². The van der Waals surface area contributed by atoms with Crippen molar-refractivity contribution in [1.82, 2.24) is 9.97 Å². The lowest BCUT2D eigenvalue weighted by Crippen LogP contribution is -1.99. The van der Waals surface area contributed by atoms with Crippen LogP contribution in [0.2, 0.25) is 0 Å². The van der Waals surface area contributed by atoms with Gasteiger partial charge in [-0.15, -0.1) is 11.6 Å². The van der Waals surface area contributed by atoms with Gasteiger partial charge in [0.1, 0.15) is 0 Å². The van der Waals surface area contributed by atoms with Gasteiger partial charge in [0.05, 0.1) is 11.0 Å². The molecule has 0 aliphatic carbocycles. The Labute approximate surface area is 105 Å². The third-order valence-corrected chi connectivity index (χ3v) is 4.11. The van der Waals surface area contributed by atoms with E-state index >= 15 is 0 Å². The number of aromatic amines is 1. The second-order valence-corrected chi connectivity index (χ2v) is 5.45. The number of hydrogen-bond acceptors (Lipinski definition) is 2. The van der Waals surface area contributed by atoms with Crippen molar-refractivity contribution < 1.29 is 0 Å². The number of nitrogens with zero attached hydrogens (tertiary/aromatic N) is 1. The summed E-state index contributed by atoms with van der Waals surface area (Å²) in [5.41, 5.74) is 3.40. The Morgan fingerprint density at radius 2 is 2.31 bits per heavy atom. The molecule has 0 saturated heterocycles. The average molecular weight is 255 g/mol. The van der Waals surface area contributed by atoms with E-state index in [1.165, 1.54) is 5.56 Å². The number of imidazole rings is 1. The number of alkyl halides is 1. The number of fused-ring (bicyclic) bond motifs is 1. The molecule has 1 unspecified atom stereocenters. The largest absolute Gasteiger partial charge is 0.333 e. The molecule has 1 heterocycles. The van der Waals surface area contributed by atoms with Gasteiger partial charge >= 0.3 is 0 Å². The molecule has 0 saturated carbocycles. The van der Waals surface area contributed by atoms with Crippen molar-refractivity contribution in [1.29, 1.82) is 0 Å². The molecule has 0 aliphatic rings. The fourth-order valence-corrected chi connectivity index (χ4v) is 2.58. The van der Waals surface area contributed by atoms with Gasteiger partial charge in [-0.25, -0.2) is 4.98 Å². The molecule has 4 heteroatoms. The Balaban J connectivity index is 2.13. The van der Waals surface area contributed by atoms with E-state index < -0.39 is 0 Å². The van der Waals surface area contributed by atoms with Gasteiger partial charge in [-0.1, -0.05) is 24.8 Å². The Morgan fingerprint density at radius 1 is 1.50 bits per heavy atom. The summed E-state index contributed by atoms with van der Waals surface area (Å²) in [6, 6.07) is 6.26. The Hall–Kier alpha value is -0.670. The normalized spacial score (nSPS) is 13.2. The van der Waals surface area contributed by atoms with Crippen LogP contribution in [0.1, 0.15) is 12.5 Å². The zero-order valence-electron chi connectivity index (χ0n) is 9.46. The van der Waals surface area contributed by atoms with Crippen LogP contribution in [0, 0.1) is 12.8 Å². The van der Waals surface area contributed by atoms with E-state index in [0.717, 1.165) is 21.9 Å². The van der Waals surface area contributed by atoms with Crippen LogP contribution in [0.5, 0.6) is 0 Å². The lowest BCUT2D eigenvalue weighted by molar-refractivity contribution is 0.757. The van der Waals surface area contributed by atoms with Crippen molar-refractivity contribution in [2.24, 2.45) is 5.92 Å². The predicted octanol–water partition coefficient (Wildman–Crippen LogP) is 3.84. The third kappa shape index (κ3) is 2.71. The van der Waals surface area contributed by atoms with Crippen molar-refractivity contribution in [3.05, 3.63) is 23.8 Å². The minimum absolute atomic E-state index is 0.515. The van der Waals surface area contributed by atoms with Gasteiger partial charge in [0.25, 0.3) is 0 Å². The molecule has 0 amide bonds. The Morgan fingerprint density at radius 3 is 3.06 bits per heavy atom. The van der Waals surface area contributed by atoms with Crippen molar-refractivity contribution in [3.63, 3.8) is 0 Å². The Bertz CT molecular complexity index is 481. The molecule has 2 aromatic rings. The van der Waals surface area contributed by atoms with Crippen molar-refractivity contribution >= 4 is 34.4 Å². The van der Waals surface area contributed by atoms with Crippen LogP contribution in [-0.2, 0) is 0 Å². The summed E-state index contributed by atoms with van der Waals surface area (Å²) < 4.78 is 0. The first kappa shape index (κ1) is 11.8. The first-order valence-corrected chi connectivity index (χ1v) is 6.86. The maximum absolute atomic E-state index is 5.77. The summed E-state index contributed by atoms with van der Waals surface area (Å²) in [6.07, 6.45) is 0. The summed E-state index contributed by atoms with van der Waals surface area (Å²) in [7, 11) is 0. The van der Waals surface area contributed by atoms with E-state index in [9.17, 15) is 0 Å². The quantitative estimate of drug-likeness (QED) is 0.663. The summed E-state index contributed by atoms with van der Waals surface area (Å²) in [5.74, 6) is 2.22. The minimum Gasteiger partial charge on any atom is -0.333 e. The standard InChI is InChI=1S/C12H15ClN2S/c1-8-3-4-10-11(5-8)15-12(14-10)16-7-9(2)6-13/h3-5,9H,6-7H2,1-2H3,(H,14,15). The summed E-state index contributed by atoms with van der Waals surface area (Å²) in [4.78, 5) is 7.85. The van der Waals surface area contributed by atoms with Gasteiger partial charge < -0.3 is 4.98 Å². The highest BCUT2D eigenvalue weighted by Crippen LogP contribution is 2.22. The number of thioether (sulfide) groups is 1. The number of halogens is 1. The Kier molecular flexibility index (Phi) is 3.77. The van der Waals surface area contributed by atoms with Crippen LogP contribution in [0.3, 0.4) is 0 Å². The molecule has 0 fully saturated rings. The molecular formula is C12H15ClN2S. The molecule has 0 radical (unpaired) electrons. The van der Waals surface area contributed by atoms with E-state index in [1.54, 1.807) is 11.8 Å². The number of hydrogen-bond donors (Lipinski definition) is 1. The topological polar surface area (TPSA) is 28.7 Å². The monoisotopic (exact) mass is 254 g/mol. The van der Waals surface area contributed by atoms with E-state index in [4.69, 9.17) is 11.6 Å². The zero-order valence-corrected chi connectivity index (χ0v) is 11.0. The molecule has 1 N–H and O–H groups in total. The van der Waals surface area contributed by atoms with Gasteiger partial charge in [-0.2, -0.15) is 0 Å². The van der Waals surface area contributed by atoms with E-state index in [1.807, 2.05) is 0 Å². The molecule has 1 atom stereocenters. The number of H-pyrrole nitrogens is 1. The van der Waals surface area contributed by atoms with Crippen molar-refractivity contribution in [2.75, 3.05) is 11.6 Å². The molecule has 1 aromatic heterocycles. The minimum atomic E-state index is 0.515. The molecule has 0 spiro atoms. The first-order valence-electron chi connectivity index (χ1n) is 5.34. The average Bonchev–Trinajstić information content (AvgIpc) is 2.67. The maximum atomic E-state index is 5.77. The first-order chi connectivity index (χ1) is 7.69. The van der Waals surface area contributed by atoms with Gasteiger partial charge in [0.15, 0.2) is 5.16 Å². The lowest BCUT2D eigenvalue weighted by Gasteiger charge is -2.03. The molecule has 2 rings (SSSR count). The van der Waals surface area contributed by atoms with Crippen LogP contribution in [0.25, 0.3) is 11.0 Å². The van der Waals surface area contributed by atoms with Gasteiger partial charge in [0.2, 0.25) is 0 Å². The van der Waals surface area contributed by atoms with Gasteiger partial charge in [0, 0.05) is 11.6 Å². The second-order valence-electron chi connectivity index (χ2n) is 4.13. The van der Waals surface area contributed by atoms with E-state index in [-0.39, 0.29) is 0 Å². The van der Waals surface area contributed by atoms with Crippen LogP contribution in [0.4, 0.5) is 0 Å². The maximum Gasteiger partial charge on any atom is 0.166 e. The highest BCUT2D eigenvalue weighted by Gasteiger charge is 2.06. The van der Waals surface area contributed by atoms with E-state index in [2.05, 4.69) is 42.0 Å². The van der Waals surface area contributed by atoms with Gasteiger partial charge in [-0.05, 0) is 30.5 Å². The summed E-state index contributed by atoms with van der Waals surface area (Å²) in [5, 5.41) is 0.984. The van der Waals surface area contributed by atoms with Crippen molar-refractivity contribution in [2.45, 2.75) is 19.0 Å².